The highest BCUT2D eigenvalue weighted by atomic mass is 32.2. The number of anilines is 1. The summed E-state index contributed by atoms with van der Waals surface area (Å²) in [6, 6.07) is 23.1. The molecule has 35 heavy (non-hydrogen) atoms. The number of hydrogen-bond donors (Lipinski definition) is 1. The van der Waals surface area contributed by atoms with E-state index >= 15 is 0 Å². The van der Waals surface area contributed by atoms with Crippen molar-refractivity contribution in [3.05, 3.63) is 102 Å². The number of benzene rings is 2. The van der Waals surface area contributed by atoms with Crippen LogP contribution in [-0.2, 0) is 10.5 Å². The summed E-state index contributed by atoms with van der Waals surface area (Å²) in [7, 11) is 0. The second-order valence-electron chi connectivity index (χ2n) is 8.46. The molecule has 7 nitrogen and oxygen atoms in total. The fourth-order valence-electron chi connectivity index (χ4n) is 4.50. The van der Waals surface area contributed by atoms with E-state index < -0.39 is 0 Å². The normalized spacial score (nSPS) is 16.9. The van der Waals surface area contributed by atoms with Gasteiger partial charge in [-0.3, -0.25) is 9.78 Å². The molecule has 2 aromatic heterocycles. The number of rotatable bonds is 6. The summed E-state index contributed by atoms with van der Waals surface area (Å²) < 4.78 is 7.92. The molecule has 0 fully saturated rings. The van der Waals surface area contributed by atoms with E-state index in [1.807, 2.05) is 77.5 Å². The van der Waals surface area contributed by atoms with E-state index in [2.05, 4.69) is 10.3 Å². The Hall–Kier alpha value is -3.91. The molecule has 0 unspecified atom stereocenters. The molecule has 174 valence electrons. The number of aromatic nitrogens is 4. The molecule has 0 saturated carbocycles. The van der Waals surface area contributed by atoms with Crippen molar-refractivity contribution in [1.29, 1.82) is 0 Å². The van der Waals surface area contributed by atoms with Crippen molar-refractivity contribution in [2.75, 3.05) is 5.32 Å². The van der Waals surface area contributed by atoms with Gasteiger partial charge in [0, 0.05) is 29.6 Å². The van der Waals surface area contributed by atoms with Crippen LogP contribution in [0, 0.1) is 0 Å². The van der Waals surface area contributed by atoms with Crippen molar-refractivity contribution in [2.24, 2.45) is 0 Å². The lowest BCUT2D eigenvalue weighted by Crippen LogP contribution is -2.31. The number of allylic oxidation sites excluding steroid dienone is 2. The average Bonchev–Trinajstić information content (AvgIpc) is 3.30. The third kappa shape index (κ3) is 4.44. The lowest BCUT2D eigenvalue weighted by Gasteiger charge is -2.32. The monoisotopic (exact) mass is 481 g/mol. The van der Waals surface area contributed by atoms with Crippen molar-refractivity contribution >= 4 is 23.5 Å². The molecule has 0 amide bonds. The number of thioether (sulfide) groups is 1. The molecule has 2 aliphatic rings. The third-order valence-corrected chi connectivity index (χ3v) is 6.95. The molecule has 6 rings (SSSR count). The largest absolute Gasteiger partial charge is 0.457 e. The molecular weight excluding hydrogens is 458 g/mol. The summed E-state index contributed by atoms with van der Waals surface area (Å²) in [5, 5.41) is 8.85. The van der Waals surface area contributed by atoms with E-state index in [0.29, 0.717) is 29.0 Å². The van der Waals surface area contributed by atoms with Gasteiger partial charge in [0.15, 0.2) is 5.78 Å². The van der Waals surface area contributed by atoms with Gasteiger partial charge >= 0.3 is 0 Å². The first-order valence-corrected chi connectivity index (χ1v) is 12.6. The van der Waals surface area contributed by atoms with Crippen molar-refractivity contribution < 1.29 is 9.53 Å². The Morgan fingerprint density at radius 1 is 1.00 bits per heavy atom. The van der Waals surface area contributed by atoms with Crippen LogP contribution in [0.3, 0.4) is 0 Å². The maximum atomic E-state index is 13.1. The fraction of sp³-hybridized carbons (Fsp3) is 0.185. The SMILES string of the molecule is O=C1CCCC2=C1[C@H](c1cccc(Oc3ccccc3)c1)n1nc(SCc3ccccn3)nc1N2. The molecule has 1 N–H and O–H groups in total. The summed E-state index contributed by atoms with van der Waals surface area (Å²) in [6.07, 6.45) is 3.99. The van der Waals surface area contributed by atoms with Gasteiger partial charge in [-0.25, -0.2) is 4.68 Å². The minimum absolute atomic E-state index is 0.155. The summed E-state index contributed by atoms with van der Waals surface area (Å²) in [5.74, 6) is 2.95. The van der Waals surface area contributed by atoms with E-state index in [1.165, 1.54) is 11.8 Å². The van der Waals surface area contributed by atoms with E-state index in [9.17, 15) is 4.79 Å². The smallest absolute Gasteiger partial charge is 0.227 e. The topological polar surface area (TPSA) is 81.9 Å². The molecule has 1 aliphatic heterocycles. The number of nitrogens with zero attached hydrogens (tertiary/aromatic N) is 4. The molecule has 1 aliphatic carbocycles. The summed E-state index contributed by atoms with van der Waals surface area (Å²) >= 11 is 1.53. The molecule has 3 heterocycles. The average molecular weight is 482 g/mol. The maximum Gasteiger partial charge on any atom is 0.227 e. The fourth-order valence-corrected chi connectivity index (χ4v) is 5.25. The van der Waals surface area contributed by atoms with Crippen LogP contribution in [0.5, 0.6) is 11.5 Å². The van der Waals surface area contributed by atoms with E-state index in [-0.39, 0.29) is 11.8 Å². The Bertz CT molecular complexity index is 1400. The van der Waals surface area contributed by atoms with Crippen LogP contribution < -0.4 is 10.1 Å². The van der Waals surface area contributed by atoms with Gasteiger partial charge in [-0.05, 0) is 54.8 Å². The van der Waals surface area contributed by atoms with Gasteiger partial charge in [0.2, 0.25) is 11.1 Å². The zero-order valence-corrected chi connectivity index (χ0v) is 19.7. The second kappa shape index (κ2) is 9.38. The van der Waals surface area contributed by atoms with Gasteiger partial charge in [-0.15, -0.1) is 5.10 Å². The Morgan fingerprint density at radius 3 is 2.71 bits per heavy atom. The van der Waals surface area contributed by atoms with Crippen molar-refractivity contribution in [3.8, 4) is 11.5 Å². The summed E-state index contributed by atoms with van der Waals surface area (Å²) in [6.45, 7) is 0. The van der Waals surface area contributed by atoms with Crippen LogP contribution >= 0.6 is 11.8 Å². The molecule has 0 radical (unpaired) electrons. The summed E-state index contributed by atoms with van der Waals surface area (Å²) in [4.78, 5) is 22.2. The predicted molar refractivity (Wildman–Crippen MR) is 134 cm³/mol. The molecule has 0 spiro atoms. The number of carbonyl (C=O) groups is 1. The van der Waals surface area contributed by atoms with E-state index in [4.69, 9.17) is 14.8 Å². The molecule has 8 heteroatoms. The molecular formula is C27H23N5O2S. The number of nitrogens with one attached hydrogen (secondary N) is 1. The van der Waals surface area contributed by atoms with Crippen molar-refractivity contribution in [1.82, 2.24) is 19.7 Å². The van der Waals surface area contributed by atoms with Gasteiger partial charge < -0.3 is 10.1 Å². The zero-order chi connectivity index (χ0) is 23.6. The van der Waals surface area contributed by atoms with Gasteiger partial charge in [0.1, 0.15) is 17.5 Å². The van der Waals surface area contributed by atoms with Crippen molar-refractivity contribution in [2.45, 2.75) is 36.2 Å². The van der Waals surface area contributed by atoms with E-state index in [1.54, 1.807) is 6.20 Å². The van der Waals surface area contributed by atoms with Crippen LogP contribution in [0.25, 0.3) is 0 Å². The minimum atomic E-state index is -0.356. The van der Waals surface area contributed by atoms with Crippen LogP contribution in [0.1, 0.15) is 36.6 Å². The van der Waals surface area contributed by atoms with Crippen LogP contribution in [0.4, 0.5) is 5.95 Å². The summed E-state index contributed by atoms with van der Waals surface area (Å²) in [5.41, 5.74) is 3.62. The number of para-hydroxylation sites is 1. The Kier molecular flexibility index (Phi) is 5.79. The van der Waals surface area contributed by atoms with Crippen LogP contribution in [0.15, 0.2) is 95.4 Å². The number of ether oxygens (including phenoxy) is 1. The number of ketones is 1. The highest BCUT2D eigenvalue weighted by molar-refractivity contribution is 7.98. The lowest BCUT2D eigenvalue weighted by atomic mass is 9.85. The quantitative estimate of drug-likeness (QED) is 0.350. The van der Waals surface area contributed by atoms with Crippen molar-refractivity contribution in [3.63, 3.8) is 0 Å². The number of pyridine rings is 1. The first-order chi connectivity index (χ1) is 17.2. The lowest BCUT2D eigenvalue weighted by molar-refractivity contribution is -0.116. The number of fused-ring (bicyclic) bond motifs is 1. The van der Waals surface area contributed by atoms with Crippen LogP contribution in [0.2, 0.25) is 0 Å². The predicted octanol–water partition coefficient (Wildman–Crippen LogP) is 5.78. The Labute approximate surface area is 207 Å². The highest BCUT2D eigenvalue weighted by Crippen LogP contribution is 2.41. The number of Topliss-reactive ketones (excluding diaryl/α,β-unsaturated/α-hetero) is 1. The van der Waals surface area contributed by atoms with Crippen LogP contribution in [-0.4, -0.2) is 25.5 Å². The van der Waals surface area contributed by atoms with Gasteiger partial charge in [-0.2, -0.15) is 4.98 Å². The maximum absolute atomic E-state index is 13.1. The molecule has 1 atom stereocenters. The highest BCUT2D eigenvalue weighted by Gasteiger charge is 2.37. The molecule has 2 aromatic carbocycles. The second-order valence-corrected chi connectivity index (χ2v) is 9.40. The molecule has 4 aromatic rings. The molecule has 0 bridgehead atoms. The first kappa shape index (κ1) is 21.6. The third-order valence-electron chi connectivity index (χ3n) is 6.08. The number of carbonyl (C=O) groups excluding carboxylic acids is 1. The first-order valence-electron chi connectivity index (χ1n) is 11.6. The Morgan fingerprint density at radius 2 is 1.86 bits per heavy atom. The van der Waals surface area contributed by atoms with E-state index in [0.717, 1.165) is 41.1 Å². The van der Waals surface area contributed by atoms with Gasteiger partial charge in [0.05, 0.1) is 5.69 Å². The molecule has 0 saturated heterocycles. The number of hydrogen-bond acceptors (Lipinski definition) is 7. The minimum Gasteiger partial charge on any atom is -0.457 e. The Balaban J connectivity index is 1.36. The van der Waals surface area contributed by atoms with Gasteiger partial charge in [-0.1, -0.05) is 48.2 Å². The van der Waals surface area contributed by atoms with Gasteiger partial charge in [0.25, 0.3) is 0 Å². The zero-order valence-electron chi connectivity index (χ0n) is 18.9. The standard InChI is InChI=1S/C27H23N5O2S/c33-23-14-7-13-22-24(23)25(18-8-6-12-21(16-18)34-20-10-2-1-3-11-20)32-26(29-22)30-27(31-32)35-17-19-9-4-5-15-28-19/h1-6,8-12,15-16,25H,7,13-14,17H2,(H,29,30,31)/t25-/m0/s1.